The van der Waals surface area contributed by atoms with E-state index in [2.05, 4.69) is 31.1 Å². The van der Waals surface area contributed by atoms with Crippen LogP contribution in [0.3, 0.4) is 0 Å². The Morgan fingerprint density at radius 1 is 1.48 bits per heavy atom. The predicted octanol–water partition coefficient (Wildman–Crippen LogP) is 2.82. The van der Waals surface area contributed by atoms with Crippen LogP contribution >= 0.6 is 0 Å². The van der Waals surface area contributed by atoms with E-state index in [-0.39, 0.29) is 5.97 Å². The molecule has 4 nitrogen and oxygen atoms in total. The molecule has 1 aliphatic rings. The van der Waals surface area contributed by atoms with Gasteiger partial charge in [-0.2, -0.15) is 0 Å². The smallest absolute Gasteiger partial charge is 0.326 e. The molecule has 1 rings (SSSR count). The summed E-state index contributed by atoms with van der Waals surface area (Å²) in [5, 5.41) is 3.16. The van der Waals surface area contributed by atoms with Crippen molar-refractivity contribution in [2.75, 3.05) is 20.7 Å². The first-order valence-corrected chi connectivity index (χ1v) is 8.42. The molecule has 1 saturated carbocycles. The third kappa shape index (κ3) is 4.96. The van der Waals surface area contributed by atoms with Crippen molar-refractivity contribution in [1.82, 2.24) is 10.2 Å². The SMILES string of the molecule is CCOC(=O)C(C)(CC(C)N(C)C1CCCC(C)C1)NC. The van der Waals surface area contributed by atoms with Crippen LogP contribution in [0.1, 0.15) is 59.8 Å². The lowest BCUT2D eigenvalue weighted by atomic mass is 9.85. The monoisotopic (exact) mass is 298 g/mol. The van der Waals surface area contributed by atoms with Gasteiger partial charge >= 0.3 is 5.97 Å². The minimum atomic E-state index is -0.607. The molecule has 0 spiro atoms. The Balaban J connectivity index is 2.64. The summed E-state index contributed by atoms with van der Waals surface area (Å²) < 4.78 is 5.22. The fraction of sp³-hybridized carbons (Fsp3) is 0.941. The van der Waals surface area contributed by atoms with E-state index in [1.807, 2.05) is 20.9 Å². The standard InChI is InChI=1S/C17H34N2O2/c1-7-21-16(20)17(4,18-5)12-14(3)19(6)15-10-8-9-13(2)11-15/h13-15,18H,7-12H2,1-6H3. The molecular weight excluding hydrogens is 264 g/mol. The summed E-state index contributed by atoms with van der Waals surface area (Å²) in [5.74, 6) is 0.670. The van der Waals surface area contributed by atoms with Gasteiger partial charge in [-0.1, -0.05) is 19.8 Å². The first-order chi connectivity index (χ1) is 9.84. The molecule has 4 atom stereocenters. The van der Waals surface area contributed by atoms with Crippen molar-refractivity contribution in [2.24, 2.45) is 5.92 Å². The average molecular weight is 298 g/mol. The van der Waals surface area contributed by atoms with Crippen LogP contribution < -0.4 is 5.32 Å². The van der Waals surface area contributed by atoms with E-state index in [0.29, 0.717) is 18.7 Å². The molecular formula is C17H34N2O2. The maximum atomic E-state index is 12.2. The Hall–Kier alpha value is -0.610. The second kappa shape index (κ2) is 8.14. The van der Waals surface area contributed by atoms with Crippen molar-refractivity contribution in [2.45, 2.75) is 77.4 Å². The van der Waals surface area contributed by atoms with Gasteiger partial charge in [0.15, 0.2) is 0 Å². The molecule has 0 radical (unpaired) electrons. The number of rotatable bonds is 7. The third-order valence-electron chi connectivity index (χ3n) is 5.16. The highest BCUT2D eigenvalue weighted by Crippen LogP contribution is 2.29. The Bertz CT molecular complexity index is 335. The van der Waals surface area contributed by atoms with Crippen molar-refractivity contribution in [3.05, 3.63) is 0 Å². The third-order valence-corrected chi connectivity index (χ3v) is 5.16. The Morgan fingerprint density at radius 3 is 2.67 bits per heavy atom. The number of hydrogen-bond acceptors (Lipinski definition) is 4. The second-order valence-electron chi connectivity index (χ2n) is 6.95. The van der Waals surface area contributed by atoms with Gasteiger partial charge in [0.25, 0.3) is 0 Å². The van der Waals surface area contributed by atoms with Gasteiger partial charge in [-0.3, -0.25) is 4.79 Å². The summed E-state index contributed by atoms with van der Waals surface area (Å²) in [7, 11) is 4.04. The Labute approximate surface area is 130 Å². The molecule has 0 bridgehead atoms. The van der Waals surface area contributed by atoms with Crippen LogP contribution in [0.4, 0.5) is 0 Å². The fourth-order valence-corrected chi connectivity index (χ4v) is 3.44. The van der Waals surface area contributed by atoms with Crippen LogP contribution in [0.15, 0.2) is 0 Å². The lowest BCUT2D eigenvalue weighted by Gasteiger charge is -2.40. The van der Waals surface area contributed by atoms with Crippen LogP contribution in [-0.2, 0) is 9.53 Å². The van der Waals surface area contributed by atoms with Gasteiger partial charge in [0, 0.05) is 12.1 Å². The van der Waals surface area contributed by atoms with Crippen molar-refractivity contribution in [1.29, 1.82) is 0 Å². The predicted molar refractivity (Wildman–Crippen MR) is 87.4 cm³/mol. The molecule has 0 aromatic heterocycles. The molecule has 21 heavy (non-hydrogen) atoms. The molecule has 0 aromatic rings. The van der Waals surface area contributed by atoms with E-state index in [1.54, 1.807) is 0 Å². The van der Waals surface area contributed by atoms with Crippen LogP contribution in [0, 0.1) is 5.92 Å². The van der Waals surface area contributed by atoms with Gasteiger partial charge in [-0.25, -0.2) is 0 Å². The number of carbonyl (C=O) groups is 1. The van der Waals surface area contributed by atoms with Crippen LogP contribution in [0.25, 0.3) is 0 Å². The van der Waals surface area contributed by atoms with Gasteiger partial charge in [-0.15, -0.1) is 0 Å². The van der Waals surface area contributed by atoms with Gasteiger partial charge < -0.3 is 15.0 Å². The normalized spacial score (nSPS) is 27.2. The molecule has 0 aromatic carbocycles. The van der Waals surface area contributed by atoms with Crippen molar-refractivity contribution in [3.63, 3.8) is 0 Å². The van der Waals surface area contributed by atoms with Gasteiger partial charge in [-0.05, 0) is 60.0 Å². The van der Waals surface area contributed by atoms with E-state index < -0.39 is 5.54 Å². The summed E-state index contributed by atoms with van der Waals surface area (Å²) in [6.07, 6.45) is 6.00. The van der Waals surface area contributed by atoms with Crippen molar-refractivity contribution < 1.29 is 9.53 Å². The van der Waals surface area contributed by atoms with Crippen molar-refractivity contribution in [3.8, 4) is 0 Å². The second-order valence-corrected chi connectivity index (χ2v) is 6.95. The molecule has 1 N–H and O–H groups in total. The number of ether oxygens (including phenoxy) is 1. The minimum Gasteiger partial charge on any atom is -0.465 e. The average Bonchev–Trinajstić information content (AvgIpc) is 2.46. The number of nitrogens with one attached hydrogen (secondary N) is 1. The van der Waals surface area contributed by atoms with E-state index in [4.69, 9.17) is 4.74 Å². The quantitative estimate of drug-likeness (QED) is 0.734. The van der Waals surface area contributed by atoms with E-state index in [1.165, 1.54) is 25.7 Å². The van der Waals surface area contributed by atoms with Crippen LogP contribution in [0.2, 0.25) is 0 Å². The molecule has 0 amide bonds. The van der Waals surface area contributed by atoms with Gasteiger partial charge in [0.05, 0.1) is 6.61 Å². The van der Waals surface area contributed by atoms with E-state index in [0.717, 1.165) is 12.3 Å². The first-order valence-electron chi connectivity index (χ1n) is 8.42. The lowest BCUT2D eigenvalue weighted by molar-refractivity contribution is -0.151. The highest BCUT2D eigenvalue weighted by atomic mass is 16.5. The molecule has 4 unspecified atom stereocenters. The minimum absolute atomic E-state index is 0.148. The molecule has 0 heterocycles. The molecule has 1 fully saturated rings. The zero-order chi connectivity index (χ0) is 16.0. The van der Waals surface area contributed by atoms with Gasteiger partial charge in [0.2, 0.25) is 0 Å². The maximum absolute atomic E-state index is 12.2. The number of esters is 1. The number of hydrogen-bond donors (Lipinski definition) is 1. The lowest BCUT2D eigenvalue weighted by Crippen LogP contribution is -2.53. The maximum Gasteiger partial charge on any atom is 0.326 e. The molecule has 124 valence electrons. The zero-order valence-corrected chi connectivity index (χ0v) is 14.7. The molecule has 4 heteroatoms. The number of nitrogens with zero attached hydrogens (tertiary/aromatic N) is 1. The number of carbonyl (C=O) groups excluding carboxylic acids is 1. The topological polar surface area (TPSA) is 41.6 Å². The zero-order valence-electron chi connectivity index (χ0n) is 14.7. The number of likely N-dealkylation sites (N-methyl/N-ethyl adjacent to an activating group) is 1. The molecule has 1 aliphatic carbocycles. The summed E-state index contributed by atoms with van der Waals surface area (Å²) in [5.41, 5.74) is -0.607. The molecule has 0 saturated heterocycles. The Morgan fingerprint density at radius 2 is 2.14 bits per heavy atom. The Kier molecular flexibility index (Phi) is 7.14. The van der Waals surface area contributed by atoms with Crippen LogP contribution in [-0.4, -0.2) is 49.2 Å². The van der Waals surface area contributed by atoms with E-state index in [9.17, 15) is 4.79 Å². The first kappa shape index (κ1) is 18.4. The largest absolute Gasteiger partial charge is 0.465 e. The molecule has 0 aliphatic heterocycles. The highest BCUT2D eigenvalue weighted by Gasteiger charge is 2.37. The van der Waals surface area contributed by atoms with Crippen LogP contribution in [0.5, 0.6) is 0 Å². The van der Waals surface area contributed by atoms with E-state index >= 15 is 0 Å². The van der Waals surface area contributed by atoms with Gasteiger partial charge in [0.1, 0.15) is 5.54 Å². The summed E-state index contributed by atoms with van der Waals surface area (Å²) in [6, 6.07) is 0.995. The van der Waals surface area contributed by atoms with Crippen molar-refractivity contribution >= 4 is 5.97 Å². The highest BCUT2D eigenvalue weighted by molar-refractivity contribution is 5.80. The summed E-state index contributed by atoms with van der Waals surface area (Å²) in [6.45, 7) is 8.79. The summed E-state index contributed by atoms with van der Waals surface area (Å²) in [4.78, 5) is 14.6. The summed E-state index contributed by atoms with van der Waals surface area (Å²) >= 11 is 0. The fourth-order valence-electron chi connectivity index (χ4n) is 3.44.